The van der Waals surface area contributed by atoms with Crippen LogP contribution in [0.5, 0.6) is 0 Å². The number of benzene rings is 1. The minimum absolute atomic E-state index is 0.0258. The summed E-state index contributed by atoms with van der Waals surface area (Å²) in [6.45, 7) is -0.0633. The molecule has 2 bridgehead atoms. The van der Waals surface area contributed by atoms with E-state index in [2.05, 4.69) is 10.1 Å². The van der Waals surface area contributed by atoms with Gasteiger partial charge >= 0.3 is 5.97 Å². The van der Waals surface area contributed by atoms with Crippen molar-refractivity contribution < 1.29 is 18.8 Å². The lowest BCUT2D eigenvalue weighted by molar-refractivity contribution is -0.155. The molecule has 2 aliphatic carbocycles. The fraction of sp³-hybridized carbons (Fsp3) is 0.474. The summed E-state index contributed by atoms with van der Waals surface area (Å²) in [5, 5.41) is 4.47. The Morgan fingerprint density at radius 2 is 2.04 bits per heavy atom. The standard InChI is InChI=1S/C19H19ClN2O4/c20-15-6-2-5-13(9-15)18-21-16(26-22-18)10-25-19(24)14-7-11-3-1-4-12(8-14)17(11)23/h2,5-6,9,11-12,14H,1,3-4,7-8,10H2. The van der Waals surface area contributed by atoms with Crippen molar-refractivity contribution in [3.63, 3.8) is 0 Å². The third-order valence-corrected chi connectivity index (χ3v) is 5.51. The van der Waals surface area contributed by atoms with Gasteiger partial charge in [-0.3, -0.25) is 9.59 Å². The van der Waals surface area contributed by atoms with Crippen molar-refractivity contribution in [1.29, 1.82) is 0 Å². The summed E-state index contributed by atoms with van der Waals surface area (Å²) in [6.07, 6.45) is 4.08. The highest BCUT2D eigenvalue weighted by atomic mass is 35.5. The minimum Gasteiger partial charge on any atom is -0.455 e. The van der Waals surface area contributed by atoms with Crippen LogP contribution in [0.15, 0.2) is 28.8 Å². The maximum Gasteiger partial charge on any atom is 0.309 e. The zero-order chi connectivity index (χ0) is 18.1. The molecule has 26 heavy (non-hydrogen) atoms. The Morgan fingerprint density at radius 1 is 1.27 bits per heavy atom. The zero-order valence-electron chi connectivity index (χ0n) is 14.2. The van der Waals surface area contributed by atoms with Crippen LogP contribution in [-0.2, 0) is 20.9 Å². The summed E-state index contributed by atoms with van der Waals surface area (Å²) < 4.78 is 10.5. The van der Waals surface area contributed by atoms with Crippen LogP contribution >= 0.6 is 11.6 Å². The van der Waals surface area contributed by atoms with Gasteiger partial charge in [0.15, 0.2) is 6.61 Å². The monoisotopic (exact) mass is 374 g/mol. The Labute approximate surface area is 155 Å². The van der Waals surface area contributed by atoms with Gasteiger partial charge in [-0.25, -0.2) is 0 Å². The van der Waals surface area contributed by atoms with Gasteiger partial charge in [-0.1, -0.05) is 35.3 Å². The number of hydrogen-bond acceptors (Lipinski definition) is 6. The number of ether oxygens (including phenoxy) is 1. The molecule has 2 aromatic rings. The normalized spacial score (nSPS) is 25.1. The number of halogens is 1. The molecular formula is C19H19ClN2O4. The van der Waals surface area contributed by atoms with Gasteiger partial charge in [-0.2, -0.15) is 4.98 Å². The number of hydrogen-bond donors (Lipinski definition) is 0. The van der Waals surface area contributed by atoms with E-state index in [0.29, 0.717) is 29.5 Å². The van der Waals surface area contributed by atoms with E-state index < -0.39 is 0 Å². The molecule has 1 aromatic heterocycles. The number of aromatic nitrogens is 2. The van der Waals surface area contributed by atoms with E-state index in [9.17, 15) is 9.59 Å². The van der Waals surface area contributed by atoms with Gasteiger partial charge in [-0.05, 0) is 37.8 Å². The average Bonchev–Trinajstić information content (AvgIpc) is 3.08. The van der Waals surface area contributed by atoms with Gasteiger partial charge in [0.2, 0.25) is 5.82 Å². The summed E-state index contributed by atoms with van der Waals surface area (Å²) in [5.41, 5.74) is 0.734. The number of nitrogens with zero attached hydrogens (tertiary/aromatic N) is 2. The number of esters is 1. The summed E-state index contributed by atoms with van der Waals surface area (Å²) in [7, 11) is 0. The van der Waals surface area contributed by atoms with Crippen molar-refractivity contribution in [1.82, 2.24) is 10.1 Å². The summed E-state index contributed by atoms with van der Waals surface area (Å²) in [5.74, 6) is 0.533. The fourth-order valence-corrected chi connectivity index (χ4v) is 4.17. The largest absolute Gasteiger partial charge is 0.455 e. The second-order valence-electron chi connectivity index (χ2n) is 7.03. The van der Waals surface area contributed by atoms with Crippen molar-refractivity contribution in [3.05, 3.63) is 35.2 Å². The highest BCUT2D eigenvalue weighted by Gasteiger charge is 2.41. The highest BCUT2D eigenvalue weighted by Crippen LogP contribution is 2.40. The first-order valence-electron chi connectivity index (χ1n) is 8.89. The van der Waals surface area contributed by atoms with Gasteiger partial charge in [0, 0.05) is 22.4 Å². The Kier molecular flexibility index (Phi) is 4.76. The lowest BCUT2D eigenvalue weighted by atomic mass is 9.67. The molecule has 2 unspecified atom stereocenters. The molecule has 0 radical (unpaired) electrons. The van der Waals surface area contributed by atoms with Gasteiger partial charge in [0.25, 0.3) is 5.89 Å². The van der Waals surface area contributed by atoms with E-state index in [4.69, 9.17) is 20.9 Å². The predicted octanol–water partition coefficient (Wildman–Crippen LogP) is 3.83. The SMILES string of the molecule is O=C(OCc1nc(-c2cccc(Cl)c2)no1)C1CC2CCCC(C1)C2=O. The number of Topliss-reactive ketones (excluding diaryl/α,β-unsaturated/α-hetero) is 1. The van der Waals surface area contributed by atoms with E-state index in [0.717, 1.165) is 24.8 Å². The average molecular weight is 375 g/mol. The molecule has 2 saturated carbocycles. The molecule has 0 spiro atoms. The van der Waals surface area contributed by atoms with E-state index in [-0.39, 0.29) is 36.2 Å². The maximum atomic E-state index is 12.4. The van der Waals surface area contributed by atoms with Crippen molar-refractivity contribution in [2.75, 3.05) is 0 Å². The molecule has 0 saturated heterocycles. The molecule has 4 rings (SSSR count). The molecule has 0 amide bonds. The van der Waals surface area contributed by atoms with Crippen LogP contribution in [0.1, 0.15) is 38.0 Å². The number of fused-ring (bicyclic) bond motifs is 2. The predicted molar refractivity (Wildman–Crippen MR) is 93.1 cm³/mol. The number of carbonyl (C=O) groups excluding carboxylic acids is 2. The Morgan fingerprint density at radius 3 is 2.77 bits per heavy atom. The number of ketones is 1. The van der Waals surface area contributed by atoms with E-state index in [1.807, 2.05) is 6.07 Å². The lowest BCUT2D eigenvalue weighted by Crippen LogP contribution is -2.39. The van der Waals surface area contributed by atoms with Gasteiger partial charge in [0.05, 0.1) is 5.92 Å². The van der Waals surface area contributed by atoms with Crippen molar-refractivity contribution in [2.45, 2.75) is 38.7 Å². The molecule has 1 aromatic carbocycles. The Bertz CT molecular complexity index is 818. The Balaban J connectivity index is 1.36. The summed E-state index contributed by atoms with van der Waals surface area (Å²) in [4.78, 5) is 28.8. The van der Waals surface area contributed by atoms with Crippen LogP contribution in [0.2, 0.25) is 5.02 Å². The van der Waals surface area contributed by atoms with Crippen LogP contribution in [0.25, 0.3) is 11.4 Å². The number of carbonyl (C=O) groups is 2. The van der Waals surface area contributed by atoms with Crippen LogP contribution in [0.4, 0.5) is 0 Å². The molecule has 2 fully saturated rings. The van der Waals surface area contributed by atoms with Crippen molar-refractivity contribution >= 4 is 23.4 Å². The first kappa shape index (κ1) is 17.2. The number of rotatable bonds is 4. The molecule has 1 heterocycles. The molecule has 0 N–H and O–H groups in total. The van der Waals surface area contributed by atoms with Crippen LogP contribution in [0.3, 0.4) is 0 Å². The van der Waals surface area contributed by atoms with Crippen molar-refractivity contribution in [3.8, 4) is 11.4 Å². The first-order valence-corrected chi connectivity index (χ1v) is 9.27. The van der Waals surface area contributed by atoms with Gasteiger partial charge in [0.1, 0.15) is 5.78 Å². The maximum absolute atomic E-state index is 12.4. The third kappa shape index (κ3) is 3.51. The second-order valence-corrected chi connectivity index (χ2v) is 7.46. The van der Waals surface area contributed by atoms with Crippen LogP contribution in [-0.4, -0.2) is 21.9 Å². The van der Waals surface area contributed by atoms with E-state index >= 15 is 0 Å². The molecule has 136 valence electrons. The quantitative estimate of drug-likeness (QED) is 0.756. The van der Waals surface area contributed by atoms with Gasteiger partial charge < -0.3 is 9.26 Å². The first-order chi connectivity index (χ1) is 12.6. The van der Waals surface area contributed by atoms with E-state index in [1.165, 1.54) is 0 Å². The molecule has 2 aliphatic rings. The fourth-order valence-electron chi connectivity index (χ4n) is 3.98. The summed E-state index contributed by atoms with van der Waals surface area (Å²) in [6, 6.07) is 7.12. The molecular weight excluding hydrogens is 356 g/mol. The topological polar surface area (TPSA) is 82.3 Å². The Hall–Kier alpha value is -2.21. The highest BCUT2D eigenvalue weighted by molar-refractivity contribution is 6.30. The molecule has 6 nitrogen and oxygen atoms in total. The lowest BCUT2D eigenvalue weighted by Gasteiger charge is -2.36. The zero-order valence-corrected chi connectivity index (χ0v) is 14.9. The molecule has 7 heteroatoms. The molecule has 0 aliphatic heterocycles. The van der Waals surface area contributed by atoms with Crippen LogP contribution < -0.4 is 0 Å². The second kappa shape index (κ2) is 7.19. The summed E-state index contributed by atoms with van der Waals surface area (Å²) >= 11 is 5.96. The van der Waals surface area contributed by atoms with E-state index in [1.54, 1.807) is 18.2 Å². The van der Waals surface area contributed by atoms with Crippen LogP contribution in [0, 0.1) is 17.8 Å². The van der Waals surface area contributed by atoms with Crippen molar-refractivity contribution in [2.24, 2.45) is 17.8 Å². The smallest absolute Gasteiger partial charge is 0.309 e. The van der Waals surface area contributed by atoms with Gasteiger partial charge in [-0.15, -0.1) is 0 Å². The molecule has 2 atom stereocenters. The minimum atomic E-state index is -0.281. The third-order valence-electron chi connectivity index (χ3n) is 5.27.